The third kappa shape index (κ3) is 3.50. The van der Waals surface area contributed by atoms with E-state index in [1.165, 1.54) is 23.5 Å². The van der Waals surface area contributed by atoms with Crippen LogP contribution in [0.3, 0.4) is 0 Å². The van der Waals surface area contributed by atoms with E-state index in [1.54, 1.807) is 16.8 Å². The zero-order valence-corrected chi connectivity index (χ0v) is 15.9. The average molecular weight is 373 g/mol. The molecule has 3 rings (SSSR count). The Morgan fingerprint density at radius 1 is 1.31 bits per heavy atom. The van der Waals surface area contributed by atoms with Crippen molar-refractivity contribution in [1.82, 2.24) is 25.3 Å². The Labute approximate surface area is 155 Å². The Bertz CT molecular complexity index is 932. The minimum absolute atomic E-state index is 0.105. The molecule has 2 heterocycles. The highest BCUT2D eigenvalue weighted by molar-refractivity contribution is 7.17. The second-order valence-corrected chi connectivity index (χ2v) is 7.13. The molecule has 0 bridgehead atoms. The van der Waals surface area contributed by atoms with E-state index in [1.807, 2.05) is 27.7 Å². The van der Waals surface area contributed by atoms with Crippen LogP contribution in [0.2, 0.25) is 0 Å². The van der Waals surface area contributed by atoms with Crippen molar-refractivity contribution in [2.24, 2.45) is 0 Å². The number of benzene rings is 1. The molecule has 1 N–H and O–H groups in total. The molecule has 1 atom stereocenters. The van der Waals surface area contributed by atoms with Crippen molar-refractivity contribution in [3.05, 3.63) is 46.3 Å². The van der Waals surface area contributed by atoms with E-state index in [2.05, 4.69) is 20.6 Å². The number of nitrogens with zero attached hydrogens (tertiary/aromatic N) is 4. The Morgan fingerprint density at radius 2 is 2.00 bits per heavy atom. The Morgan fingerprint density at radius 3 is 2.65 bits per heavy atom. The van der Waals surface area contributed by atoms with E-state index in [-0.39, 0.29) is 17.8 Å². The van der Waals surface area contributed by atoms with Gasteiger partial charge in [-0.1, -0.05) is 12.1 Å². The third-order valence-electron chi connectivity index (χ3n) is 4.16. The molecule has 1 amide bonds. The topological polar surface area (TPSA) is 72.7 Å². The van der Waals surface area contributed by atoms with Crippen molar-refractivity contribution in [1.29, 1.82) is 0 Å². The van der Waals surface area contributed by atoms with Gasteiger partial charge in [-0.3, -0.25) is 4.79 Å². The molecule has 136 valence electrons. The maximum absolute atomic E-state index is 13.1. The molecule has 0 aliphatic rings. The van der Waals surface area contributed by atoms with E-state index in [0.717, 1.165) is 12.1 Å². The standard InChI is InChI=1S/C18H20FN5OS/c1-5-10(2)20-17(25)16-11(3)21-18(26-16)15-12(4)24(23-22-15)14-8-6-13(19)7-9-14/h6-10H,5H2,1-4H3,(H,20,25)/t10-/m1/s1. The predicted octanol–water partition coefficient (Wildman–Crippen LogP) is 3.68. The summed E-state index contributed by atoms with van der Waals surface area (Å²) in [7, 11) is 0. The van der Waals surface area contributed by atoms with Gasteiger partial charge >= 0.3 is 0 Å². The molecule has 0 spiro atoms. The lowest BCUT2D eigenvalue weighted by Crippen LogP contribution is -2.31. The normalized spacial score (nSPS) is 12.2. The van der Waals surface area contributed by atoms with Gasteiger partial charge in [0.05, 0.1) is 17.1 Å². The smallest absolute Gasteiger partial charge is 0.263 e. The molecule has 26 heavy (non-hydrogen) atoms. The predicted molar refractivity (Wildman–Crippen MR) is 99.1 cm³/mol. The number of nitrogens with one attached hydrogen (secondary N) is 1. The number of carbonyl (C=O) groups is 1. The van der Waals surface area contributed by atoms with Gasteiger partial charge in [0.15, 0.2) is 0 Å². The number of aromatic nitrogens is 4. The Kier molecular flexibility index (Phi) is 5.13. The molecule has 0 unspecified atom stereocenters. The van der Waals surface area contributed by atoms with Gasteiger partial charge in [0.25, 0.3) is 5.91 Å². The highest BCUT2D eigenvalue weighted by atomic mass is 32.1. The summed E-state index contributed by atoms with van der Waals surface area (Å²) in [6.45, 7) is 7.67. The van der Waals surface area contributed by atoms with Crippen LogP contribution in [-0.4, -0.2) is 31.9 Å². The summed E-state index contributed by atoms with van der Waals surface area (Å²) in [5.41, 5.74) is 2.77. The van der Waals surface area contributed by atoms with Gasteiger partial charge in [0.2, 0.25) is 0 Å². The fraction of sp³-hybridized carbons (Fsp3) is 0.333. The fourth-order valence-corrected chi connectivity index (χ4v) is 3.46. The summed E-state index contributed by atoms with van der Waals surface area (Å²) in [5, 5.41) is 12.0. The van der Waals surface area contributed by atoms with Gasteiger partial charge in [0.1, 0.15) is 21.4 Å². The zero-order chi connectivity index (χ0) is 18.8. The maximum Gasteiger partial charge on any atom is 0.263 e. The average Bonchev–Trinajstić information content (AvgIpc) is 3.18. The first-order valence-electron chi connectivity index (χ1n) is 8.37. The molecule has 0 aliphatic heterocycles. The van der Waals surface area contributed by atoms with Gasteiger partial charge in [0, 0.05) is 6.04 Å². The minimum Gasteiger partial charge on any atom is -0.349 e. The van der Waals surface area contributed by atoms with Crippen LogP contribution in [-0.2, 0) is 0 Å². The zero-order valence-electron chi connectivity index (χ0n) is 15.1. The lowest BCUT2D eigenvalue weighted by Gasteiger charge is -2.09. The molecule has 0 saturated carbocycles. The van der Waals surface area contributed by atoms with Crippen molar-refractivity contribution < 1.29 is 9.18 Å². The van der Waals surface area contributed by atoms with Crippen molar-refractivity contribution in [2.75, 3.05) is 0 Å². The minimum atomic E-state index is -0.306. The number of aryl methyl sites for hydroxylation is 1. The van der Waals surface area contributed by atoms with Crippen molar-refractivity contribution >= 4 is 17.2 Å². The quantitative estimate of drug-likeness (QED) is 0.740. The van der Waals surface area contributed by atoms with E-state index in [4.69, 9.17) is 0 Å². The number of thiazole rings is 1. The van der Waals surface area contributed by atoms with E-state index in [9.17, 15) is 9.18 Å². The van der Waals surface area contributed by atoms with Crippen LogP contribution in [0.4, 0.5) is 4.39 Å². The van der Waals surface area contributed by atoms with Gasteiger partial charge in [-0.05, 0) is 51.5 Å². The summed E-state index contributed by atoms with van der Waals surface area (Å²) in [4.78, 5) is 17.5. The molecule has 0 fully saturated rings. The monoisotopic (exact) mass is 373 g/mol. The van der Waals surface area contributed by atoms with Gasteiger partial charge in [-0.25, -0.2) is 14.1 Å². The molecule has 6 nitrogen and oxygen atoms in total. The molecule has 0 saturated heterocycles. The Balaban J connectivity index is 1.92. The second kappa shape index (κ2) is 7.33. The first-order valence-corrected chi connectivity index (χ1v) is 9.19. The first-order chi connectivity index (χ1) is 12.4. The SMILES string of the molecule is CC[C@@H](C)NC(=O)c1sc(-c2nnn(-c3ccc(F)cc3)c2C)nc1C. The maximum atomic E-state index is 13.1. The molecule has 1 aromatic carbocycles. The highest BCUT2D eigenvalue weighted by Crippen LogP contribution is 2.29. The van der Waals surface area contributed by atoms with Crippen LogP contribution in [0.15, 0.2) is 24.3 Å². The van der Waals surface area contributed by atoms with Crippen LogP contribution < -0.4 is 5.32 Å². The molecule has 3 aromatic rings. The Hall–Kier alpha value is -2.61. The number of halogens is 1. The van der Waals surface area contributed by atoms with Crippen molar-refractivity contribution in [3.8, 4) is 16.4 Å². The molecule has 8 heteroatoms. The summed E-state index contributed by atoms with van der Waals surface area (Å²) in [6.07, 6.45) is 0.863. The largest absolute Gasteiger partial charge is 0.349 e. The number of amides is 1. The van der Waals surface area contributed by atoms with Crippen molar-refractivity contribution in [2.45, 2.75) is 40.2 Å². The highest BCUT2D eigenvalue weighted by Gasteiger charge is 2.21. The summed E-state index contributed by atoms with van der Waals surface area (Å²) in [5.74, 6) is -0.427. The summed E-state index contributed by atoms with van der Waals surface area (Å²) in [6, 6.07) is 6.13. The number of hydrogen-bond acceptors (Lipinski definition) is 5. The number of rotatable bonds is 5. The van der Waals surface area contributed by atoms with E-state index in [0.29, 0.717) is 27.0 Å². The first kappa shape index (κ1) is 18.2. The van der Waals surface area contributed by atoms with Crippen LogP contribution in [0.1, 0.15) is 41.3 Å². The van der Waals surface area contributed by atoms with E-state index < -0.39 is 0 Å². The lowest BCUT2D eigenvalue weighted by atomic mass is 10.2. The van der Waals surface area contributed by atoms with Crippen LogP contribution in [0.5, 0.6) is 0 Å². The van der Waals surface area contributed by atoms with Gasteiger partial charge in [-0.15, -0.1) is 16.4 Å². The molecule has 2 aromatic heterocycles. The lowest BCUT2D eigenvalue weighted by molar-refractivity contribution is 0.0942. The van der Waals surface area contributed by atoms with Crippen LogP contribution in [0.25, 0.3) is 16.4 Å². The number of carbonyl (C=O) groups excluding carboxylic acids is 1. The number of hydrogen-bond donors (Lipinski definition) is 1. The fourth-order valence-electron chi connectivity index (χ4n) is 2.45. The third-order valence-corrected chi connectivity index (χ3v) is 5.32. The summed E-state index contributed by atoms with van der Waals surface area (Å²) < 4.78 is 14.7. The van der Waals surface area contributed by atoms with Crippen LogP contribution in [0, 0.1) is 19.7 Å². The molecular weight excluding hydrogens is 353 g/mol. The van der Waals surface area contributed by atoms with Gasteiger partial charge in [-0.2, -0.15) is 0 Å². The molecule has 0 aliphatic carbocycles. The summed E-state index contributed by atoms with van der Waals surface area (Å²) >= 11 is 1.30. The van der Waals surface area contributed by atoms with Gasteiger partial charge < -0.3 is 5.32 Å². The molecular formula is C18H20FN5OS. The van der Waals surface area contributed by atoms with Crippen LogP contribution >= 0.6 is 11.3 Å². The molecule has 0 radical (unpaired) electrons. The second-order valence-electron chi connectivity index (χ2n) is 6.13. The van der Waals surface area contributed by atoms with Crippen molar-refractivity contribution in [3.63, 3.8) is 0 Å². The van der Waals surface area contributed by atoms with E-state index >= 15 is 0 Å².